The molecule has 1 heterocycles. The second-order valence-electron chi connectivity index (χ2n) is 30.7. The number of methoxy groups -OCH3 is 4. The van der Waals surface area contributed by atoms with Gasteiger partial charge in [-0.2, -0.15) is 0 Å². The molecular formula is C75H122O29. The molecule has 29 nitrogen and oxygen atoms in total. The largest absolute Gasteiger partial charge is 0.462 e. The van der Waals surface area contributed by atoms with Crippen molar-refractivity contribution < 1.29 is 138 Å². The van der Waals surface area contributed by atoms with Crippen molar-refractivity contribution in [3.05, 3.63) is 0 Å². The first-order chi connectivity index (χ1) is 48.8. The number of hydrogen-bond acceptors (Lipinski definition) is 29. The van der Waals surface area contributed by atoms with E-state index in [0.29, 0.717) is 50.9 Å². The molecule has 0 N–H and O–H groups in total. The fourth-order valence-electron chi connectivity index (χ4n) is 12.3. The summed E-state index contributed by atoms with van der Waals surface area (Å²) in [6.45, 7) is 26.0. The molecule has 0 aromatic carbocycles. The smallest absolute Gasteiger partial charge is 0.346 e. The van der Waals surface area contributed by atoms with Gasteiger partial charge in [-0.3, -0.25) is 43.2 Å². The Morgan fingerprint density at radius 2 is 0.846 bits per heavy atom. The van der Waals surface area contributed by atoms with Crippen LogP contribution in [0.2, 0.25) is 0 Å². The van der Waals surface area contributed by atoms with E-state index in [1.807, 2.05) is 76.2 Å². The van der Waals surface area contributed by atoms with Gasteiger partial charge in [0.05, 0.1) is 45.0 Å². The Morgan fingerprint density at radius 1 is 0.413 bits per heavy atom. The van der Waals surface area contributed by atoms with Gasteiger partial charge in [-0.1, -0.05) is 53.9 Å². The van der Waals surface area contributed by atoms with Crippen molar-refractivity contribution >= 4 is 71.6 Å². The highest BCUT2D eigenvalue weighted by molar-refractivity contribution is 6.03. The molecule has 104 heavy (non-hydrogen) atoms. The number of esters is 12. The average molecular weight is 1490 g/mol. The molecule has 0 spiro atoms. The van der Waals surface area contributed by atoms with Gasteiger partial charge in [0.2, 0.25) is 0 Å². The number of ether oxygens (including phenoxy) is 17. The third-order valence-electron chi connectivity index (χ3n) is 21.3. The normalized spacial score (nSPS) is 24.4. The van der Waals surface area contributed by atoms with E-state index in [0.717, 1.165) is 70.6 Å². The van der Waals surface area contributed by atoms with Crippen molar-refractivity contribution in [1.29, 1.82) is 0 Å². The predicted octanol–water partition coefficient (Wildman–Crippen LogP) is 10.1. The minimum atomic E-state index is -1.25. The summed E-state index contributed by atoms with van der Waals surface area (Å²) in [5.74, 6) is -5.02. The van der Waals surface area contributed by atoms with Gasteiger partial charge >= 0.3 is 71.6 Å². The minimum Gasteiger partial charge on any atom is -0.462 e. The van der Waals surface area contributed by atoms with Gasteiger partial charge in [0.1, 0.15) is 24.4 Å². The fourth-order valence-corrected chi connectivity index (χ4v) is 12.3. The highest BCUT2D eigenvalue weighted by Gasteiger charge is 2.75. The van der Waals surface area contributed by atoms with Gasteiger partial charge in [-0.05, 0) is 184 Å². The summed E-state index contributed by atoms with van der Waals surface area (Å²) in [6.07, 6.45) is 14.1. The molecule has 0 amide bonds. The van der Waals surface area contributed by atoms with E-state index in [4.69, 9.17) is 71.1 Å². The molecule has 7 fully saturated rings. The molecule has 29 heteroatoms. The van der Waals surface area contributed by atoms with E-state index in [1.165, 1.54) is 34.9 Å². The van der Waals surface area contributed by atoms with E-state index in [1.54, 1.807) is 27.7 Å². The second kappa shape index (κ2) is 43.3. The molecule has 9 unspecified atom stereocenters. The van der Waals surface area contributed by atoms with Crippen molar-refractivity contribution in [2.75, 3.05) is 82.2 Å². The van der Waals surface area contributed by atoms with Crippen LogP contribution in [-0.4, -0.2) is 184 Å². The van der Waals surface area contributed by atoms with Crippen LogP contribution < -0.4 is 0 Å². The summed E-state index contributed by atoms with van der Waals surface area (Å²) in [4.78, 5) is 142. The second-order valence-corrected chi connectivity index (χ2v) is 30.7. The summed E-state index contributed by atoms with van der Waals surface area (Å²) in [5, 5.41) is 0. The van der Waals surface area contributed by atoms with Crippen LogP contribution >= 0.6 is 0 Å². The lowest BCUT2D eigenvalue weighted by atomic mass is 9.73. The molecule has 4 bridgehead atoms. The van der Waals surface area contributed by atoms with Crippen LogP contribution in [0.4, 0.5) is 0 Å². The molecule has 6 saturated carbocycles. The van der Waals surface area contributed by atoms with Crippen molar-refractivity contribution in [2.45, 2.75) is 256 Å². The van der Waals surface area contributed by atoms with Crippen molar-refractivity contribution in [3.8, 4) is 0 Å². The van der Waals surface area contributed by atoms with Crippen molar-refractivity contribution in [2.24, 2.45) is 68.0 Å². The van der Waals surface area contributed by atoms with E-state index < -0.39 is 99.7 Å². The molecule has 1 saturated heterocycles. The van der Waals surface area contributed by atoms with Gasteiger partial charge in [0, 0.05) is 40.3 Å². The first-order valence-electron chi connectivity index (χ1n) is 36.6. The average Bonchev–Trinajstić information content (AvgIpc) is 1.53. The minimum absolute atomic E-state index is 0.00155. The molecular weight excluding hydrogens is 1360 g/mol. The fraction of sp³-hybridized carbons (Fsp3) is 0.840. The quantitative estimate of drug-likeness (QED) is 0.0255. The monoisotopic (exact) mass is 1490 g/mol. The maximum Gasteiger partial charge on any atom is 0.346 e. The zero-order chi connectivity index (χ0) is 78.4. The van der Waals surface area contributed by atoms with Crippen LogP contribution in [0.3, 0.4) is 0 Å². The van der Waals surface area contributed by atoms with Crippen molar-refractivity contribution in [3.63, 3.8) is 0 Å². The van der Waals surface area contributed by atoms with Gasteiger partial charge in [-0.15, -0.1) is 0 Å². The Hall–Kier alpha value is -6.56. The Labute approximate surface area is 614 Å². The summed E-state index contributed by atoms with van der Waals surface area (Å²) >= 11 is 0. The summed E-state index contributed by atoms with van der Waals surface area (Å²) in [7, 11) is 5.80. The molecule has 7 rings (SSSR count). The Kier molecular flexibility index (Phi) is 38.2. The maximum absolute atomic E-state index is 12.4. The third-order valence-corrected chi connectivity index (χ3v) is 21.3. The van der Waals surface area contributed by atoms with Crippen LogP contribution in [0.25, 0.3) is 0 Å². The standard InChI is InChI=1S/C17H24O7.C17H28O7.C16H26O5.C15H26O5.C10H18O5/c1-5-16(2,3)13(18)23-11-9-6-10-12(11)24-15(20)17(10,7-9)14(19)22-8-21-4;1-4-17(2,3)16(20)22-11-14(18)21-10-15(19)24-12-23-13-8-6-5-7-9-13;1-5-16(2,3)15(18)21-13-8-10-6-11(13)7-12(10)14(17)20-9-19-4;1-5-15(2,3)14(17)20-12-8-6-11(7-9-12)13(16)19-10-18-4;1-5-10(2,3)9(12)14-6-8(11)15-7-13-4/h9-12H,5-8H2,1-4H3;13H,4-12H2,1-3H3;10-13H,5-9H2,1-4H3;11-12H,5-10H2,1-4H3;5-7H2,1-4H3. The Balaban J connectivity index is 0.000000341. The summed E-state index contributed by atoms with van der Waals surface area (Å²) in [5.41, 5.74) is -3.93. The first-order valence-corrected chi connectivity index (χ1v) is 36.6. The van der Waals surface area contributed by atoms with Crippen molar-refractivity contribution in [1.82, 2.24) is 0 Å². The molecule has 596 valence electrons. The molecule has 0 aromatic rings. The van der Waals surface area contributed by atoms with Crippen LogP contribution in [0.1, 0.15) is 226 Å². The molecule has 1 aliphatic heterocycles. The highest BCUT2D eigenvalue weighted by atomic mass is 16.7. The molecule has 0 aromatic heterocycles. The molecule has 0 radical (unpaired) electrons. The van der Waals surface area contributed by atoms with E-state index in [2.05, 4.69) is 9.47 Å². The number of carbonyl (C=O) groups is 12. The lowest BCUT2D eigenvalue weighted by molar-refractivity contribution is -0.175. The zero-order valence-electron chi connectivity index (χ0n) is 65.3. The van der Waals surface area contributed by atoms with Crippen LogP contribution in [0.15, 0.2) is 0 Å². The maximum atomic E-state index is 12.4. The van der Waals surface area contributed by atoms with Crippen LogP contribution in [0.5, 0.6) is 0 Å². The van der Waals surface area contributed by atoms with Gasteiger partial charge in [0.15, 0.2) is 59.2 Å². The van der Waals surface area contributed by atoms with E-state index in [-0.39, 0.29) is 118 Å². The summed E-state index contributed by atoms with van der Waals surface area (Å²) < 4.78 is 85.3. The highest BCUT2D eigenvalue weighted by Crippen LogP contribution is 2.63. The van der Waals surface area contributed by atoms with Gasteiger partial charge in [0.25, 0.3) is 0 Å². The lowest BCUT2D eigenvalue weighted by Crippen LogP contribution is -2.46. The van der Waals surface area contributed by atoms with Crippen LogP contribution in [0, 0.1) is 68.0 Å². The predicted molar refractivity (Wildman–Crippen MR) is 368 cm³/mol. The number of fused-ring (bicyclic) bond motifs is 3. The molecule has 6 aliphatic carbocycles. The van der Waals surface area contributed by atoms with Gasteiger partial charge in [-0.25, -0.2) is 14.4 Å². The Bertz CT molecular complexity index is 2790. The molecule has 9 atom stereocenters. The van der Waals surface area contributed by atoms with E-state index in [9.17, 15) is 57.5 Å². The summed E-state index contributed by atoms with van der Waals surface area (Å²) in [6, 6.07) is 0. The van der Waals surface area contributed by atoms with Crippen LogP contribution in [-0.2, 0) is 138 Å². The molecule has 7 aliphatic rings. The number of carbonyl (C=O) groups excluding carboxylic acids is 12. The SMILES string of the molecule is CCC(C)(C)C(=O)OC1C2CC3C1OC(=O)C3(C(=O)OCOC)C2.CCC(C)(C)C(=O)OC1CC2CC1CC2C(=O)OCOC.CCC(C)(C)C(=O)OC1CCC(C(=O)OCOC)CC1.CCC(C)(C)C(=O)OCC(=O)OCC(=O)OCOC1CCCCC1.CCC(C)(C)C(=O)OCC(=O)OCOC. The number of rotatable bonds is 33. The number of hydrogen-bond donors (Lipinski definition) is 0. The first kappa shape index (κ1) is 91.6. The zero-order valence-corrected chi connectivity index (χ0v) is 65.3. The van der Waals surface area contributed by atoms with Gasteiger partial charge < -0.3 is 80.5 Å². The Morgan fingerprint density at radius 3 is 1.33 bits per heavy atom. The lowest BCUT2D eigenvalue weighted by Gasteiger charge is -2.32. The third kappa shape index (κ3) is 27.3. The van der Waals surface area contributed by atoms with E-state index >= 15 is 0 Å². The topological polar surface area (TPSA) is 362 Å².